The zero-order valence-electron chi connectivity index (χ0n) is 28.6. The molecule has 1 aliphatic rings. The molecular formula is C37H45Cl2N5O5S. The minimum atomic E-state index is -1.56. The second kappa shape index (κ2) is 18.0. The molecule has 1 aromatic heterocycles. The largest absolute Gasteiger partial charge is 0.412 e. The molecule has 0 aliphatic carbocycles. The highest BCUT2D eigenvalue weighted by molar-refractivity contribution is 7.85. The molecule has 2 atom stereocenters. The topological polar surface area (TPSA) is 139 Å². The van der Waals surface area contributed by atoms with Crippen LogP contribution in [0.3, 0.4) is 0 Å². The normalized spacial score (nSPS) is 14.4. The Balaban J connectivity index is 0.00000562. The van der Waals surface area contributed by atoms with E-state index >= 15 is 0 Å². The minimum absolute atomic E-state index is 0. The first kappa shape index (κ1) is 39.1. The van der Waals surface area contributed by atoms with Crippen molar-refractivity contribution in [3.8, 4) is 5.69 Å². The second-order valence-electron chi connectivity index (χ2n) is 12.4. The first-order valence-electron chi connectivity index (χ1n) is 16.7. The summed E-state index contributed by atoms with van der Waals surface area (Å²) in [4.78, 5) is 31.7. The molecule has 50 heavy (non-hydrogen) atoms. The van der Waals surface area contributed by atoms with Crippen LogP contribution in [0.1, 0.15) is 82.8 Å². The number of nitrogens with zero attached hydrogens (tertiary/aromatic N) is 4. The molecule has 4 N–H and O–H groups in total. The van der Waals surface area contributed by atoms with E-state index < -0.39 is 17.0 Å². The van der Waals surface area contributed by atoms with Crippen LogP contribution in [0.25, 0.3) is 5.69 Å². The summed E-state index contributed by atoms with van der Waals surface area (Å²) >= 11 is 12.2. The molecule has 3 aromatic carbocycles. The zero-order valence-corrected chi connectivity index (χ0v) is 31.0. The highest BCUT2D eigenvalue weighted by Gasteiger charge is 2.32. The van der Waals surface area contributed by atoms with Gasteiger partial charge in [-0.05, 0) is 79.3 Å². The molecule has 1 unspecified atom stereocenters. The van der Waals surface area contributed by atoms with E-state index in [9.17, 15) is 18.9 Å². The number of hydrogen-bond donors (Lipinski definition) is 2. The first-order chi connectivity index (χ1) is 23.6. The fourth-order valence-corrected chi connectivity index (χ4v) is 7.31. The van der Waals surface area contributed by atoms with Crippen LogP contribution in [-0.4, -0.2) is 71.9 Å². The van der Waals surface area contributed by atoms with Crippen molar-refractivity contribution in [1.82, 2.24) is 19.6 Å². The molecular weight excluding hydrogens is 697 g/mol. The molecule has 0 radical (unpaired) electrons. The Labute approximate surface area is 306 Å². The second-order valence-corrected chi connectivity index (χ2v) is 14.4. The van der Waals surface area contributed by atoms with Crippen molar-refractivity contribution in [2.45, 2.75) is 71.2 Å². The fraction of sp³-hybridized carbons (Fsp3) is 0.378. The van der Waals surface area contributed by atoms with E-state index in [1.54, 1.807) is 52.0 Å². The summed E-state index contributed by atoms with van der Waals surface area (Å²) in [5.74, 6) is -0.286. The number of aromatic nitrogens is 2. The Bertz CT molecular complexity index is 1830. The predicted octanol–water partition coefficient (Wildman–Crippen LogP) is 6.54. The van der Waals surface area contributed by atoms with Crippen LogP contribution in [0, 0.1) is 6.92 Å². The van der Waals surface area contributed by atoms with E-state index in [1.165, 1.54) is 0 Å². The summed E-state index contributed by atoms with van der Waals surface area (Å²) in [6.07, 6.45) is 4.27. The van der Waals surface area contributed by atoms with Crippen molar-refractivity contribution in [2.24, 2.45) is 0 Å². The molecule has 0 saturated heterocycles. The van der Waals surface area contributed by atoms with Gasteiger partial charge in [-0.25, -0.2) is 8.89 Å². The number of hydrogen-bond acceptors (Lipinski definition) is 5. The third kappa shape index (κ3) is 9.13. The molecule has 2 heterocycles. The molecule has 268 valence electrons. The number of halogens is 2. The third-order valence-electron chi connectivity index (χ3n) is 8.75. The van der Waals surface area contributed by atoms with E-state index in [2.05, 4.69) is 18.6 Å². The number of aliphatic hydroxyl groups excluding tert-OH is 1. The number of unbranched alkanes of at least 4 members (excludes halogenated alkanes) is 2. The van der Waals surface area contributed by atoms with Gasteiger partial charge in [-0.3, -0.25) is 9.59 Å². The van der Waals surface area contributed by atoms with Gasteiger partial charge in [-0.15, -0.1) is 0 Å². The van der Waals surface area contributed by atoms with Crippen LogP contribution in [0.4, 0.5) is 5.69 Å². The number of anilines is 1. The van der Waals surface area contributed by atoms with Gasteiger partial charge in [0.25, 0.3) is 11.8 Å². The number of aliphatic hydroxyl groups is 1. The minimum Gasteiger partial charge on any atom is -0.412 e. The summed E-state index contributed by atoms with van der Waals surface area (Å²) in [5, 5.41) is 15.9. The predicted molar refractivity (Wildman–Crippen MR) is 200 cm³/mol. The maximum absolute atomic E-state index is 14.5. The van der Waals surface area contributed by atoms with Crippen molar-refractivity contribution in [1.29, 1.82) is 0 Å². The van der Waals surface area contributed by atoms with Crippen LogP contribution in [0.5, 0.6) is 0 Å². The van der Waals surface area contributed by atoms with Crippen molar-refractivity contribution >= 4 is 51.7 Å². The van der Waals surface area contributed by atoms with Gasteiger partial charge in [-0.1, -0.05) is 80.2 Å². The highest BCUT2D eigenvalue weighted by Crippen LogP contribution is 2.30. The Morgan fingerprint density at radius 3 is 2.34 bits per heavy atom. The molecule has 5 rings (SSSR count). The molecule has 1 aliphatic heterocycles. The SMILES string of the molecule is CCCCN(CCCC)C(=O)c1cc(C)n(-c2ccc(NS(=O)Cc3ccc(Cl)c(Cl)c3)cc2C(=O)N2Cc3ccccc3C[C@H]2CO)n1.O. The average molecular weight is 743 g/mol. The van der Waals surface area contributed by atoms with E-state index in [0.717, 1.165) is 42.4 Å². The highest BCUT2D eigenvalue weighted by atomic mass is 35.5. The number of fused-ring (bicyclic) bond motifs is 1. The van der Waals surface area contributed by atoms with Crippen molar-refractivity contribution in [3.63, 3.8) is 0 Å². The lowest BCUT2D eigenvalue weighted by Gasteiger charge is -2.36. The standard InChI is InChI=1S/C37H43Cl2N5O4S.H2O/c1-4-6-16-42(17-7-5-2)37(47)34-18-25(3)44(40-34)35-15-13-29(41-49(48)24-26-12-14-32(38)33(39)19-26)21-31(35)36(46)43-22-28-11-9-8-10-27(28)20-30(43)23-45;/h8-15,18-19,21,30,41,45H,4-7,16-17,20,22-24H2,1-3H3;1H2/t30-,49?;/m0./s1. The fourth-order valence-electron chi connectivity index (χ4n) is 6.04. The van der Waals surface area contributed by atoms with Gasteiger partial charge in [0.05, 0.1) is 39.7 Å². The Morgan fingerprint density at radius 1 is 0.980 bits per heavy atom. The summed E-state index contributed by atoms with van der Waals surface area (Å²) in [6.45, 7) is 7.49. The molecule has 0 spiro atoms. The number of rotatable bonds is 14. The molecule has 0 saturated carbocycles. The lowest BCUT2D eigenvalue weighted by atomic mass is 9.93. The smallest absolute Gasteiger partial charge is 0.274 e. The molecule has 4 aromatic rings. The van der Waals surface area contributed by atoms with Crippen LogP contribution in [0.15, 0.2) is 66.7 Å². The van der Waals surface area contributed by atoms with Crippen LogP contribution >= 0.6 is 23.2 Å². The van der Waals surface area contributed by atoms with Gasteiger partial charge in [0, 0.05) is 31.0 Å². The molecule has 10 nitrogen and oxygen atoms in total. The van der Waals surface area contributed by atoms with Gasteiger partial charge < -0.3 is 25.1 Å². The average Bonchev–Trinajstić information content (AvgIpc) is 3.49. The number of carbonyl (C=O) groups is 2. The quantitative estimate of drug-likeness (QED) is 0.151. The van der Waals surface area contributed by atoms with E-state index in [-0.39, 0.29) is 29.7 Å². The number of amides is 2. The number of nitrogens with one attached hydrogen (secondary N) is 1. The van der Waals surface area contributed by atoms with Crippen molar-refractivity contribution in [3.05, 3.63) is 110 Å². The lowest BCUT2D eigenvalue weighted by molar-refractivity contribution is 0.0544. The first-order valence-corrected chi connectivity index (χ1v) is 18.8. The maximum atomic E-state index is 14.5. The lowest BCUT2D eigenvalue weighted by Crippen LogP contribution is -2.46. The molecule has 0 bridgehead atoms. The zero-order chi connectivity index (χ0) is 35.1. The van der Waals surface area contributed by atoms with E-state index in [0.29, 0.717) is 64.4 Å². The summed E-state index contributed by atoms with van der Waals surface area (Å²) < 4.78 is 17.9. The Hall–Kier alpha value is -3.74. The van der Waals surface area contributed by atoms with Gasteiger partial charge in [0.2, 0.25) is 0 Å². The van der Waals surface area contributed by atoms with E-state index in [4.69, 9.17) is 28.3 Å². The molecule has 2 amide bonds. The van der Waals surface area contributed by atoms with Crippen molar-refractivity contribution < 1.29 is 24.4 Å². The number of aryl methyl sites for hydroxylation is 1. The van der Waals surface area contributed by atoms with Crippen molar-refractivity contribution in [2.75, 3.05) is 24.4 Å². The summed E-state index contributed by atoms with van der Waals surface area (Å²) in [7, 11) is -1.56. The summed E-state index contributed by atoms with van der Waals surface area (Å²) in [5.41, 5.74) is 5.10. The van der Waals surface area contributed by atoms with Gasteiger partial charge in [0.15, 0.2) is 5.69 Å². The van der Waals surface area contributed by atoms with Crippen LogP contribution in [0.2, 0.25) is 10.0 Å². The van der Waals surface area contributed by atoms with Gasteiger partial charge in [0.1, 0.15) is 11.0 Å². The monoisotopic (exact) mass is 741 g/mol. The van der Waals surface area contributed by atoms with Crippen LogP contribution < -0.4 is 4.72 Å². The third-order valence-corrected chi connectivity index (χ3v) is 10.6. The number of benzene rings is 3. The van der Waals surface area contributed by atoms with Gasteiger partial charge >= 0.3 is 0 Å². The maximum Gasteiger partial charge on any atom is 0.274 e. The van der Waals surface area contributed by atoms with E-state index in [1.807, 2.05) is 36.1 Å². The molecule has 0 fully saturated rings. The Morgan fingerprint density at radius 2 is 1.68 bits per heavy atom. The Kier molecular flexibility index (Phi) is 14.0. The summed E-state index contributed by atoms with van der Waals surface area (Å²) in [6, 6.07) is 19.5. The number of carbonyl (C=O) groups excluding carboxylic acids is 2. The van der Waals surface area contributed by atoms with Gasteiger partial charge in [-0.2, -0.15) is 5.10 Å². The van der Waals surface area contributed by atoms with Crippen LogP contribution in [-0.2, 0) is 29.7 Å². The molecule has 13 heteroatoms.